The lowest BCUT2D eigenvalue weighted by molar-refractivity contribution is 0.0963. The Morgan fingerprint density at radius 1 is 1.12 bits per heavy atom. The Morgan fingerprint density at radius 2 is 1.80 bits per heavy atom. The van der Waals surface area contributed by atoms with Crippen LogP contribution in [0.15, 0.2) is 53.1 Å². The molecule has 0 spiro atoms. The quantitative estimate of drug-likeness (QED) is 0.746. The van der Waals surface area contributed by atoms with Gasteiger partial charge in [0.05, 0.1) is 0 Å². The summed E-state index contributed by atoms with van der Waals surface area (Å²) in [6.07, 6.45) is 0.487. The third-order valence-electron chi connectivity index (χ3n) is 3.53. The van der Waals surface area contributed by atoms with Crippen LogP contribution in [0.2, 0.25) is 0 Å². The molecule has 0 fully saturated rings. The highest BCUT2D eigenvalue weighted by molar-refractivity contribution is 5.93. The fraction of sp³-hybridized carbons (Fsp3) is 0.167. The number of ether oxygens (including phenoxy) is 1. The van der Waals surface area contributed by atoms with Gasteiger partial charge < -0.3 is 10.1 Å². The second-order valence-electron chi connectivity index (χ2n) is 5.34. The minimum Gasteiger partial charge on any atom is -0.444 e. The molecule has 7 heteroatoms. The van der Waals surface area contributed by atoms with Gasteiger partial charge in [0, 0.05) is 19.0 Å². The summed E-state index contributed by atoms with van der Waals surface area (Å²) in [6.45, 7) is 0.242. The van der Waals surface area contributed by atoms with Crippen molar-refractivity contribution >= 4 is 5.91 Å². The van der Waals surface area contributed by atoms with Gasteiger partial charge in [0.2, 0.25) is 0 Å². The molecule has 0 aliphatic carbocycles. The third kappa shape index (κ3) is 4.41. The maximum atomic E-state index is 12.9. The van der Waals surface area contributed by atoms with Crippen molar-refractivity contribution in [2.45, 2.75) is 13.0 Å². The van der Waals surface area contributed by atoms with Gasteiger partial charge in [-0.05, 0) is 35.4 Å². The lowest BCUT2D eigenvalue weighted by Crippen LogP contribution is -2.17. The maximum absolute atomic E-state index is 12.9. The summed E-state index contributed by atoms with van der Waals surface area (Å²) in [7, 11) is 1.58. The molecule has 0 saturated heterocycles. The van der Waals surface area contributed by atoms with Crippen LogP contribution in [0.1, 0.15) is 27.3 Å². The van der Waals surface area contributed by atoms with Gasteiger partial charge in [-0.25, -0.2) is 4.39 Å². The standard InChI is InChI=1S/C18H16FN3O3/c1-20-17(23)14-6-2-13(3-7-14)11-24-18-21-16(22-25-18)10-12-4-8-15(19)9-5-12/h2-9H,10-11H2,1H3,(H,20,23). The van der Waals surface area contributed by atoms with E-state index in [2.05, 4.69) is 15.5 Å². The van der Waals surface area contributed by atoms with Crippen LogP contribution in [0.3, 0.4) is 0 Å². The molecule has 3 aromatic rings. The van der Waals surface area contributed by atoms with E-state index in [-0.39, 0.29) is 24.4 Å². The first-order chi connectivity index (χ1) is 12.1. The molecule has 1 amide bonds. The molecular formula is C18H16FN3O3. The third-order valence-corrected chi connectivity index (χ3v) is 3.53. The number of carbonyl (C=O) groups excluding carboxylic acids is 1. The van der Waals surface area contributed by atoms with Crippen LogP contribution in [-0.2, 0) is 13.0 Å². The molecule has 0 saturated carbocycles. The van der Waals surface area contributed by atoms with Crippen molar-refractivity contribution in [3.05, 3.63) is 76.9 Å². The van der Waals surface area contributed by atoms with E-state index in [1.54, 1.807) is 43.4 Å². The van der Waals surface area contributed by atoms with Crippen molar-refractivity contribution in [2.24, 2.45) is 0 Å². The van der Waals surface area contributed by atoms with Crippen molar-refractivity contribution in [1.29, 1.82) is 0 Å². The molecule has 25 heavy (non-hydrogen) atoms. The Morgan fingerprint density at radius 3 is 2.48 bits per heavy atom. The van der Waals surface area contributed by atoms with Crippen LogP contribution in [0.25, 0.3) is 0 Å². The fourth-order valence-electron chi connectivity index (χ4n) is 2.19. The first kappa shape index (κ1) is 16.6. The summed E-state index contributed by atoms with van der Waals surface area (Å²) in [5.74, 6) is 0.0229. The summed E-state index contributed by atoms with van der Waals surface area (Å²) in [4.78, 5) is 15.6. The predicted molar refractivity (Wildman–Crippen MR) is 87.7 cm³/mol. The average molecular weight is 341 g/mol. The molecule has 0 bridgehead atoms. The highest BCUT2D eigenvalue weighted by Gasteiger charge is 2.09. The second-order valence-corrected chi connectivity index (χ2v) is 5.34. The summed E-state index contributed by atoms with van der Waals surface area (Å²) >= 11 is 0. The number of hydrogen-bond acceptors (Lipinski definition) is 5. The van der Waals surface area contributed by atoms with E-state index in [1.165, 1.54) is 12.1 Å². The second kappa shape index (κ2) is 7.57. The van der Waals surface area contributed by atoms with Gasteiger partial charge in [0.25, 0.3) is 5.91 Å². The van der Waals surface area contributed by atoms with E-state index in [4.69, 9.17) is 9.26 Å². The molecule has 1 heterocycles. The van der Waals surface area contributed by atoms with Gasteiger partial charge in [-0.2, -0.15) is 4.98 Å². The van der Waals surface area contributed by atoms with E-state index in [0.29, 0.717) is 17.8 Å². The van der Waals surface area contributed by atoms with Crippen LogP contribution in [-0.4, -0.2) is 23.1 Å². The zero-order chi connectivity index (χ0) is 17.6. The maximum Gasteiger partial charge on any atom is 0.417 e. The van der Waals surface area contributed by atoms with Crippen LogP contribution in [0.4, 0.5) is 4.39 Å². The molecule has 3 rings (SSSR count). The molecule has 0 aliphatic rings. The van der Waals surface area contributed by atoms with Crippen LogP contribution < -0.4 is 10.1 Å². The molecule has 0 unspecified atom stereocenters. The molecule has 1 N–H and O–H groups in total. The van der Waals surface area contributed by atoms with E-state index >= 15 is 0 Å². The molecular weight excluding hydrogens is 325 g/mol. The number of carbonyl (C=O) groups is 1. The number of halogens is 1. The Kier molecular flexibility index (Phi) is 5.03. The van der Waals surface area contributed by atoms with Crippen LogP contribution in [0, 0.1) is 5.82 Å². The largest absolute Gasteiger partial charge is 0.444 e. The number of amides is 1. The van der Waals surface area contributed by atoms with Gasteiger partial charge in [0.15, 0.2) is 5.82 Å². The number of nitrogens with zero attached hydrogens (tertiary/aromatic N) is 2. The minimum absolute atomic E-state index is 0.0625. The highest BCUT2D eigenvalue weighted by Crippen LogP contribution is 2.14. The first-order valence-corrected chi connectivity index (χ1v) is 7.65. The average Bonchev–Trinajstić information content (AvgIpc) is 3.09. The Balaban J connectivity index is 1.56. The van der Waals surface area contributed by atoms with Gasteiger partial charge in [-0.3, -0.25) is 9.32 Å². The Labute approximate surface area is 143 Å². The topological polar surface area (TPSA) is 77.2 Å². The lowest BCUT2D eigenvalue weighted by Gasteiger charge is -2.03. The first-order valence-electron chi connectivity index (χ1n) is 7.65. The zero-order valence-electron chi connectivity index (χ0n) is 13.5. The molecule has 0 atom stereocenters. The number of hydrogen-bond donors (Lipinski definition) is 1. The number of benzene rings is 2. The van der Waals surface area contributed by atoms with E-state index in [9.17, 15) is 9.18 Å². The lowest BCUT2D eigenvalue weighted by atomic mass is 10.1. The van der Waals surface area contributed by atoms with Crippen molar-refractivity contribution in [3.8, 4) is 6.08 Å². The minimum atomic E-state index is -0.289. The van der Waals surface area contributed by atoms with Crippen LogP contribution >= 0.6 is 0 Å². The SMILES string of the molecule is CNC(=O)c1ccc(COc2nc(Cc3ccc(F)cc3)no2)cc1. The fourth-order valence-corrected chi connectivity index (χ4v) is 2.19. The summed E-state index contributed by atoms with van der Waals surface area (Å²) in [6, 6.07) is 13.1. The number of nitrogens with one attached hydrogen (secondary N) is 1. The normalized spacial score (nSPS) is 10.5. The molecule has 128 valence electrons. The Hall–Kier alpha value is -3.22. The van der Waals surface area contributed by atoms with Crippen LogP contribution in [0.5, 0.6) is 6.08 Å². The van der Waals surface area contributed by atoms with Crippen molar-refractivity contribution in [2.75, 3.05) is 7.05 Å². The molecule has 6 nitrogen and oxygen atoms in total. The number of rotatable bonds is 6. The predicted octanol–water partition coefficient (Wildman–Crippen LogP) is 2.74. The van der Waals surface area contributed by atoms with Crippen molar-refractivity contribution < 1.29 is 18.4 Å². The van der Waals surface area contributed by atoms with Gasteiger partial charge in [0.1, 0.15) is 12.4 Å². The van der Waals surface area contributed by atoms with Gasteiger partial charge in [-0.15, -0.1) is 0 Å². The zero-order valence-corrected chi connectivity index (χ0v) is 13.5. The van der Waals surface area contributed by atoms with E-state index in [1.807, 2.05) is 0 Å². The highest BCUT2D eigenvalue weighted by atomic mass is 19.1. The number of aromatic nitrogens is 2. The van der Waals surface area contributed by atoms with E-state index < -0.39 is 0 Å². The van der Waals surface area contributed by atoms with E-state index in [0.717, 1.165) is 11.1 Å². The summed E-state index contributed by atoms with van der Waals surface area (Å²) in [5, 5.41) is 6.40. The molecule has 1 aromatic heterocycles. The van der Waals surface area contributed by atoms with Crippen molar-refractivity contribution in [3.63, 3.8) is 0 Å². The summed E-state index contributed by atoms with van der Waals surface area (Å²) < 4.78 is 23.4. The van der Waals surface area contributed by atoms with Crippen molar-refractivity contribution in [1.82, 2.24) is 15.5 Å². The Bertz CT molecular complexity index is 845. The van der Waals surface area contributed by atoms with Gasteiger partial charge >= 0.3 is 6.08 Å². The molecule has 0 aliphatic heterocycles. The molecule has 0 radical (unpaired) electrons. The monoisotopic (exact) mass is 341 g/mol. The van der Waals surface area contributed by atoms with Gasteiger partial charge in [-0.1, -0.05) is 29.4 Å². The smallest absolute Gasteiger partial charge is 0.417 e. The molecule has 2 aromatic carbocycles. The summed E-state index contributed by atoms with van der Waals surface area (Å²) in [5.41, 5.74) is 2.31.